The summed E-state index contributed by atoms with van der Waals surface area (Å²) in [5.41, 5.74) is 6.83. The Labute approximate surface area is 113 Å². The third-order valence-corrected chi connectivity index (χ3v) is 3.67. The highest BCUT2D eigenvalue weighted by Crippen LogP contribution is 2.21. The number of amides is 1. The number of nitrogens with zero attached hydrogens (tertiary/aromatic N) is 3. The summed E-state index contributed by atoms with van der Waals surface area (Å²) in [5, 5.41) is 4.12. The van der Waals surface area contributed by atoms with Crippen molar-refractivity contribution in [3.05, 3.63) is 11.9 Å². The van der Waals surface area contributed by atoms with E-state index in [0.29, 0.717) is 23.8 Å². The first-order valence-corrected chi connectivity index (χ1v) is 6.76. The van der Waals surface area contributed by atoms with Gasteiger partial charge in [0.1, 0.15) is 5.69 Å². The van der Waals surface area contributed by atoms with Crippen molar-refractivity contribution in [2.75, 3.05) is 32.5 Å². The van der Waals surface area contributed by atoms with Crippen molar-refractivity contribution in [1.29, 1.82) is 0 Å². The molecule has 2 heterocycles. The summed E-state index contributed by atoms with van der Waals surface area (Å²) in [4.78, 5) is 14.3. The molecule has 1 aliphatic heterocycles. The van der Waals surface area contributed by atoms with Crippen molar-refractivity contribution in [2.24, 2.45) is 5.92 Å². The van der Waals surface area contributed by atoms with E-state index in [1.165, 1.54) is 0 Å². The molecule has 1 aliphatic rings. The number of carbonyl (C=O) groups is 1. The first-order chi connectivity index (χ1) is 9.17. The van der Waals surface area contributed by atoms with Crippen LogP contribution in [0.3, 0.4) is 0 Å². The maximum atomic E-state index is 12.5. The van der Waals surface area contributed by atoms with Crippen molar-refractivity contribution in [2.45, 2.75) is 26.3 Å². The normalized spacial score (nSPS) is 16.8. The molecule has 19 heavy (non-hydrogen) atoms. The van der Waals surface area contributed by atoms with Crippen LogP contribution in [0.2, 0.25) is 0 Å². The van der Waals surface area contributed by atoms with Gasteiger partial charge in [-0.15, -0.1) is 0 Å². The number of rotatable bonds is 4. The monoisotopic (exact) mass is 266 g/mol. The smallest absolute Gasteiger partial charge is 0.274 e. The van der Waals surface area contributed by atoms with E-state index in [1.54, 1.807) is 18.0 Å². The van der Waals surface area contributed by atoms with Gasteiger partial charge in [0.25, 0.3) is 5.91 Å². The number of piperidine rings is 1. The van der Waals surface area contributed by atoms with Crippen molar-refractivity contribution < 1.29 is 9.53 Å². The van der Waals surface area contributed by atoms with Gasteiger partial charge in [0.05, 0.1) is 11.9 Å². The van der Waals surface area contributed by atoms with E-state index in [1.807, 2.05) is 11.8 Å². The number of nitrogen functional groups attached to an aromatic ring is 1. The van der Waals surface area contributed by atoms with E-state index in [0.717, 1.165) is 32.5 Å². The highest BCUT2D eigenvalue weighted by Gasteiger charge is 2.26. The van der Waals surface area contributed by atoms with E-state index >= 15 is 0 Å². The van der Waals surface area contributed by atoms with Crippen LogP contribution in [0.15, 0.2) is 6.20 Å². The fraction of sp³-hybridized carbons (Fsp3) is 0.692. The Morgan fingerprint density at radius 3 is 2.79 bits per heavy atom. The average molecular weight is 266 g/mol. The summed E-state index contributed by atoms with van der Waals surface area (Å²) in [5.74, 6) is 0.551. The van der Waals surface area contributed by atoms with Crippen LogP contribution in [-0.4, -0.2) is 47.4 Å². The summed E-state index contributed by atoms with van der Waals surface area (Å²) in [6.45, 7) is 4.91. The first-order valence-electron chi connectivity index (χ1n) is 6.76. The van der Waals surface area contributed by atoms with Crippen molar-refractivity contribution >= 4 is 11.6 Å². The Kier molecular flexibility index (Phi) is 4.42. The minimum atomic E-state index is -0.00674. The van der Waals surface area contributed by atoms with Gasteiger partial charge in [-0.05, 0) is 25.7 Å². The van der Waals surface area contributed by atoms with Crippen LogP contribution in [0, 0.1) is 5.92 Å². The van der Waals surface area contributed by atoms with Crippen LogP contribution < -0.4 is 5.73 Å². The van der Waals surface area contributed by atoms with E-state index in [9.17, 15) is 4.79 Å². The van der Waals surface area contributed by atoms with Gasteiger partial charge in [-0.2, -0.15) is 5.10 Å². The molecule has 1 amide bonds. The molecule has 6 nitrogen and oxygen atoms in total. The Hall–Kier alpha value is -1.56. The lowest BCUT2D eigenvalue weighted by atomic mass is 9.97. The summed E-state index contributed by atoms with van der Waals surface area (Å²) in [7, 11) is 1.72. The zero-order valence-electron chi connectivity index (χ0n) is 11.6. The maximum Gasteiger partial charge on any atom is 0.274 e. The molecule has 0 aliphatic carbocycles. The van der Waals surface area contributed by atoms with E-state index < -0.39 is 0 Å². The number of aromatic nitrogens is 2. The van der Waals surface area contributed by atoms with Crippen LogP contribution in [0.5, 0.6) is 0 Å². The molecule has 6 heteroatoms. The quantitative estimate of drug-likeness (QED) is 0.881. The van der Waals surface area contributed by atoms with Gasteiger partial charge in [0.2, 0.25) is 0 Å². The Morgan fingerprint density at radius 1 is 1.53 bits per heavy atom. The minimum absolute atomic E-state index is 0.00674. The molecule has 0 radical (unpaired) electrons. The van der Waals surface area contributed by atoms with E-state index in [4.69, 9.17) is 10.5 Å². The first kappa shape index (κ1) is 13.9. The van der Waals surface area contributed by atoms with Gasteiger partial charge in [-0.3, -0.25) is 9.48 Å². The molecule has 1 saturated heterocycles. The third kappa shape index (κ3) is 2.89. The van der Waals surface area contributed by atoms with Crippen LogP contribution in [-0.2, 0) is 11.3 Å². The standard InChI is InChI=1S/C13H22N4O2/c1-3-17-12(11(14)8-15-17)13(18)16-6-4-10(5-7-16)9-19-2/h8,10H,3-7,9,14H2,1-2H3. The molecule has 106 valence electrons. The molecule has 0 unspecified atom stereocenters. The number of anilines is 1. The van der Waals surface area contributed by atoms with Crippen molar-refractivity contribution in [3.8, 4) is 0 Å². The van der Waals surface area contributed by atoms with Crippen LogP contribution >= 0.6 is 0 Å². The Balaban J connectivity index is 2.03. The number of hydrogen-bond donors (Lipinski definition) is 1. The van der Waals surface area contributed by atoms with Gasteiger partial charge in [-0.25, -0.2) is 0 Å². The second-order valence-corrected chi connectivity index (χ2v) is 4.96. The molecule has 0 spiro atoms. The molecular weight excluding hydrogens is 244 g/mol. The van der Waals surface area contributed by atoms with Gasteiger partial charge in [-0.1, -0.05) is 0 Å². The fourth-order valence-corrected chi connectivity index (χ4v) is 2.56. The molecule has 2 N–H and O–H groups in total. The van der Waals surface area contributed by atoms with Crippen LogP contribution in [0.1, 0.15) is 30.3 Å². The zero-order valence-corrected chi connectivity index (χ0v) is 11.6. The molecule has 0 atom stereocenters. The predicted octanol–water partition coefficient (Wildman–Crippen LogP) is 0.984. The molecule has 1 aromatic rings. The SMILES string of the molecule is CCn1ncc(N)c1C(=O)N1CCC(COC)CC1. The number of carbonyl (C=O) groups excluding carboxylic acids is 1. The van der Waals surface area contributed by atoms with Crippen LogP contribution in [0.25, 0.3) is 0 Å². The van der Waals surface area contributed by atoms with Gasteiger partial charge >= 0.3 is 0 Å². The zero-order chi connectivity index (χ0) is 13.8. The van der Waals surface area contributed by atoms with Crippen molar-refractivity contribution in [3.63, 3.8) is 0 Å². The van der Waals surface area contributed by atoms with E-state index in [-0.39, 0.29) is 5.91 Å². The lowest BCUT2D eigenvalue weighted by Gasteiger charge is -2.31. The number of hydrogen-bond acceptors (Lipinski definition) is 4. The predicted molar refractivity (Wildman–Crippen MR) is 72.8 cm³/mol. The van der Waals surface area contributed by atoms with Gasteiger partial charge in [0, 0.05) is 33.4 Å². The van der Waals surface area contributed by atoms with E-state index in [2.05, 4.69) is 5.10 Å². The molecule has 0 bridgehead atoms. The Bertz CT molecular complexity index is 436. The van der Waals surface area contributed by atoms with Crippen LogP contribution in [0.4, 0.5) is 5.69 Å². The molecule has 2 rings (SSSR count). The number of aryl methyl sites for hydroxylation is 1. The number of methoxy groups -OCH3 is 1. The topological polar surface area (TPSA) is 73.4 Å². The average Bonchev–Trinajstić information content (AvgIpc) is 2.80. The third-order valence-electron chi connectivity index (χ3n) is 3.67. The summed E-state index contributed by atoms with van der Waals surface area (Å²) < 4.78 is 6.83. The maximum absolute atomic E-state index is 12.5. The molecule has 0 saturated carbocycles. The fourth-order valence-electron chi connectivity index (χ4n) is 2.56. The van der Waals surface area contributed by atoms with Gasteiger partial charge in [0.15, 0.2) is 0 Å². The second kappa shape index (κ2) is 6.06. The lowest BCUT2D eigenvalue weighted by Crippen LogP contribution is -2.40. The Morgan fingerprint density at radius 2 is 2.21 bits per heavy atom. The number of likely N-dealkylation sites (tertiary alicyclic amines) is 1. The molecule has 0 aromatic carbocycles. The summed E-state index contributed by atoms with van der Waals surface area (Å²) in [6, 6.07) is 0. The molecule has 1 fully saturated rings. The van der Waals surface area contributed by atoms with Gasteiger partial charge < -0.3 is 15.4 Å². The number of ether oxygens (including phenoxy) is 1. The largest absolute Gasteiger partial charge is 0.396 e. The molecule has 1 aromatic heterocycles. The van der Waals surface area contributed by atoms with Crippen molar-refractivity contribution in [1.82, 2.24) is 14.7 Å². The second-order valence-electron chi connectivity index (χ2n) is 4.96. The highest BCUT2D eigenvalue weighted by molar-refractivity contribution is 5.97. The highest BCUT2D eigenvalue weighted by atomic mass is 16.5. The lowest BCUT2D eigenvalue weighted by molar-refractivity contribution is 0.0603. The minimum Gasteiger partial charge on any atom is -0.396 e. The summed E-state index contributed by atoms with van der Waals surface area (Å²) in [6.07, 6.45) is 3.52. The number of nitrogens with two attached hydrogens (primary N) is 1. The summed E-state index contributed by atoms with van der Waals surface area (Å²) >= 11 is 0. The molecular formula is C13H22N4O2.